The molecule has 0 N–H and O–H groups in total. The monoisotopic (exact) mass is 333 g/mol. The third kappa shape index (κ3) is 3.00. The molecule has 0 fully saturated rings. The number of amides is 1. The minimum absolute atomic E-state index is 0.0394. The van der Waals surface area contributed by atoms with Crippen molar-refractivity contribution in [2.45, 2.75) is 6.54 Å². The maximum atomic E-state index is 14.0. The molecule has 0 saturated carbocycles. The second-order valence-corrected chi connectivity index (χ2v) is 5.62. The van der Waals surface area contributed by atoms with Gasteiger partial charge in [0.05, 0.1) is 18.1 Å². The van der Waals surface area contributed by atoms with Crippen LogP contribution in [0.5, 0.6) is 0 Å². The minimum atomic E-state index is -0.485. The molecule has 23 heavy (non-hydrogen) atoms. The maximum absolute atomic E-state index is 14.0. The molecule has 0 aliphatic rings. The zero-order valence-electron chi connectivity index (χ0n) is 12.5. The highest BCUT2D eigenvalue weighted by Gasteiger charge is 2.14. The standard InChI is InChI=1S/C15H13ClFN5O/c1-21(2)14(23)8-22-15-13(7-19-22)18-6-12(20-15)10-4-3-9(16)5-11(10)17/h3-7H,8H2,1-2H3. The van der Waals surface area contributed by atoms with Crippen LogP contribution in [0.4, 0.5) is 4.39 Å². The number of hydrogen-bond acceptors (Lipinski definition) is 4. The number of fused-ring (bicyclic) bond motifs is 1. The normalized spacial score (nSPS) is 11.0. The highest BCUT2D eigenvalue weighted by atomic mass is 35.5. The first-order chi connectivity index (χ1) is 11.0. The van der Waals surface area contributed by atoms with E-state index in [0.29, 0.717) is 21.9 Å². The third-order valence-electron chi connectivity index (χ3n) is 3.34. The van der Waals surface area contributed by atoms with E-state index in [9.17, 15) is 9.18 Å². The summed E-state index contributed by atoms with van der Waals surface area (Å²) in [4.78, 5) is 21.9. The maximum Gasteiger partial charge on any atom is 0.243 e. The van der Waals surface area contributed by atoms with Gasteiger partial charge < -0.3 is 4.90 Å². The Morgan fingerprint density at radius 3 is 2.83 bits per heavy atom. The van der Waals surface area contributed by atoms with Crippen LogP contribution in [0.15, 0.2) is 30.6 Å². The third-order valence-corrected chi connectivity index (χ3v) is 3.57. The van der Waals surface area contributed by atoms with Crippen LogP contribution in [0.3, 0.4) is 0 Å². The molecule has 0 radical (unpaired) electrons. The van der Waals surface area contributed by atoms with Gasteiger partial charge in [-0.1, -0.05) is 11.6 Å². The lowest BCUT2D eigenvalue weighted by Gasteiger charge is -2.10. The van der Waals surface area contributed by atoms with Crippen LogP contribution in [-0.4, -0.2) is 44.7 Å². The van der Waals surface area contributed by atoms with Crippen molar-refractivity contribution in [2.24, 2.45) is 0 Å². The summed E-state index contributed by atoms with van der Waals surface area (Å²) in [7, 11) is 3.32. The van der Waals surface area contributed by atoms with Crippen molar-refractivity contribution < 1.29 is 9.18 Å². The van der Waals surface area contributed by atoms with Crippen LogP contribution in [0.25, 0.3) is 22.4 Å². The lowest BCUT2D eigenvalue weighted by Crippen LogP contribution is -2.26. The summed E-state index contributed by atoms with van der Waals surface area (Å²) < 4.78 is 15.5. The lowest BCUT2D eigenvalue weighted by atomic mass is 10.1. The number of carbonyl (C=O) groups excluding carboxylic acids is 1. The van der Waals surface area contributed by atoms with Crippen molar-refractivity contribution in [1.82, 2.24) is 24.6 Å². The smallest absolute Gasteiger partial charge is 0.243 e. The quantitative estimate of drug-likeness (QED) is 0.738. The summed E-state index contributed by atoms with van der Waals surface area (Å²) in [5.74, 6) is -0.610. The predicted molar refractivity (Wildman–Crippen MR) is 84.4 cm³/mol. The number of halogens is 2. The number of benzene rings is 1. The number of hydrogen-bond donors (Lipinski definition) is 0. The summed E-state index contributed by atoms with van der Waals surface area (Å²) in [6, 6.07) is 4.34. The van der Waals surface area contributed by atoms with Gasteiger partial charge in [-0.25, -0.2) is 19.0 Å². The van der Waals surface area contributed by atoms with E-state index in [1.165, 1.54) is 28.0 Å². The molecule has 0 bridgehead atoms. The number of likely N-dealkylation sites (N-methyl/N-ethyl adjacent to an activating group) is 1. The highest BCUT2D eigenvalue weighted by molar-refractivity contribution is 6.30. The molecule has 1 aromatic carbocycles. The van der Waals surface area contributed by atoms with Gasteiger partial charge in [0, 0.05) is 24.7 Å². The molecule has 3 rings (SSSR count). The van der Waals surface area contributed by atoms with Crippen molar-refractivity contribution in [3.8, 4) is 11.3 Å². The van der Waals surface area contributed by atoms with E-state index < -0.39 is 5.82 Å². The van der Waals surface area contributed by atoms with Gasteiger partial charge in [-0.15, -0.1) is 0 Å². The fourth-order valence-electron chi connectivity index (χ4n) is 2.06. The summed E-state index contributed by atoms with van der Waals surface area (Å²) in [6.45, 7) is 0.0394. The topological polar surface area (TPSA) is 63.9 Å². The van der Waals surface area contributed by atoms with Crippen LogP contribution in [0.2, 0.25) is 5.02 Å². The number of carbonyl (C=O) groups is 1. The first-order valence-corrected chi connectivity index (χ1v) is 7.17. The first-order valence-electron chi connectivity index (χ1n) is 6.80. The van der Waals surface area contributed by atoms with E-state index in [1.807, 2.05) is 0 Å². The molecular formula is C15H13ClFN5O. The molecular weight excluding hydrogens is 321 g/mol. The molecule has 3 aromatic rings. The summed E-state index contributed by atoms with van der Waals surface area (Å²) >= 11 is 5.76. The van der Waals surface area contributed by atoms with Gasteiger partial charge in [0.15, 0.2) is 5.65 Å². The predicted octanol–water partition coefficient (Wildman–Crippen LogP) is 2.37. The number of rotatable bonds is 3. The molecule has 2 heterocycles. The van der Waals surface area contributed by atoms with E-state index in [1.54, 1.807) is 26.2 Å². The van der Waals surface area contributed by atoms with Crippen molar-refractivity contribution in [3.05, 3.63) is 41.4 Å². The van der Waals surface area contributed by atoms with Crippen LogP contribution < -0.4 is 0 Å². The van der Waals surface area contributed by atoms with E-state index in [4.69, 9.17) is 11.6 Å². The van der Waals surface area contributed by atoms with E-state index in [-0.39, 0.29) is 18.0 Å². The molecule has 2 aromatic heterocycles. The molecule has 0 spiro atoms. The Morgan fingerprint density at radius 2 is 2.13 bits per heavy atom. The van der Waals surface area contributed by atoms with E-state index >= 15 is 0 Å². The van der Waals surface area contributed by atoms with Gasteiger partial charge in [0.2, 0.25) is 5.91 Å². The van der Waals surface area contributed by atoms with Crippen molar-refractivity contribution in [3.63, 3.8) is 0 Å². The largest absolute Gasteiger partial charge is 0.347 e. The fourth-order valence-corrected chi connectivity index (χ4v) is 2.22. The molecule has 0 saturated heterocycles. The number of nitrogens with zero attached hydrogens (tertiary/aromatic N) is 5. The average molecular weight is 334 g/mol. The van der Waals surface area contributed by atoms with Crippen LogP contribution in [0, 0.1) is 5.82 Å². The van der Waals surface area contributed by atoms with Crippen molar-refractivity contribution in [1.29, 1.82) is 0 Å². The SMILES string of the molecule is CN(C)C(=O)Cn1ncc2ncc(-c3ccc(Cl)cc3F)nc21. The molecule has 0 aliphatic heterocycles. The Balaban J connectivity index is 2.05. The minimum Gasteiger partial charge on any atom is -0.347 e. The van der Waals surface area contributed by atoms with Gasteiger partial charge in [-0.05, 0) is 18.2 Å². The molecule has 1 amide bonds. The molecule has 0 atom stereocenters. The molecule has 0 unspecified atom stereocenters. The van der Waals surface area contributed by atoms with Crippen molar-refractivity contribution >= 4 is 28.7 Å². The number of aromatic nitrogens is 4. The second-order valence-electron chi connectivity index (χ2n) is 5.18. The van der Waals surface area contributed by atoms with E-state index in [2.05, 4.69) is 15.1 Å². The van der Waals surface area contributed by atoms with Gasteiger partial charge in [-0.3, -0.25) is 4.79 Å². The summed E-state index contributed by atoms with van der Waals surface area (Å²) in [5.41, 5.74) is 1.60. The zero-order valence-corrected chi connectivity index (χ0v) is 13.3. The van der Waals surface area contributed by atoms with Gasteiger partial charge in [0.25, 0.3) is 0 Å². The van der Waals surface area contributed by atoms with E-state index in [0.717, 1.165) is 0 Å². The molecule has 118 valence electrons. The molecule has 0 aliphatic carbocycles. The van der Waals surface area contributed by atoms with Gasteiger partial charge >= 0.3 is 0 Å². The Morgan fingerprint density at radius 1 is 1.35 bits per heavy atom. The Hall–Kier alpha value is -2.54. The first kappa shape index (κ1) is 15.4. The molecule has 6 nitrogen and oxygen atoms in total. The Labute approximate surface area is 136 Å². The Kier molecular flexibility index (Phi) is 3.96. The van der Waals surface area contributed by atoms with Gasteiger partial charge in [0.1, 0.15) is 17.9 Å². The van der Waals surface area contributed by atoms with Crippen LogP contribution >= 0.6 is 11.6 Å². The van der Waals surface area contributed by atoms with Crippen LogP contribution in [-0.2, 0) is 11.3 Å². The van der Waals surface area contributed by atoms with Gasteiger partial charge in [-0.2, -0.15) is 5.10 Å². The summed E-state index contributed by atoms with van der Waals surface area (Å²) in [5, 5.41) is 4.43. The second kappa shape index (κ2) is 5.92. The average Bonchev–Trinajstić information content (AvgIpc) is 2.89. The zero-order chi connectivity index (χ0) is 16.6. The lowest BCUT2D eigenvalue weighted by molar-refractivity contribution is -0.129. The summed E-state index contributed by atoms with van der Waals surface area (Å²) in [6.07, 6.45) is 2.99. The van der Waals surface area contributed by atoms with Crippen molar-refractivity contribution in [2.75, 3.05) is 14.1 Å². The van der Waals surface area contributed by atoms with Crippen LogP contribution in [0.1, 0.15) is 0 Å². The highest BCUT2D eigenvalue weighted by Crippen LogP contribution is 2.24. The fraction of sp³-hybridized carbons (Fsp3) is 0.200. The molecule has 8 heteroatoms. The Bertz CT molecular complexity index is 893.